The first-order valence-corrected chi connectivity index (χ1v) is 2.06. The molecule has 0 amide bonds. The van der Waals surface area contributed by atoms with Crippen LogP contribution >= 0.6 is 0 Å². The number of nitrogens with one attached hydrogen (secondary N) is 2. The van der Waals surface area contributed by atoms with Crippen molar-refractivity contribution in [1.29, 1.82) is 0 Å². The number of nitrogens with zero attached hydrogens (tertiary/aromatic N) is 1. The van der Waals surface area contributed by atoms with Gasteiger partial charge in [0.2, 0.25) is 17.1 Å². The Bertz CT molecular complexity index is 281. The summed E-state index contributed by atoms with van der Waals surface area (Å²) in [5, 5.41) is 0. The average molecular weight is 151 g/mol. The molecule has 48 valence electrons. The van der Waals surface area contributed by atoms with E-state index in [2.05, 4.69) is 4.98 Å². The van der Waals surface area contributed by atoms with E-state index >= 15 is 0 Å². The van der Waals surface area contributed by atoms with E-state index in [9.17, 15) is 14.4 Å². The first kappa shape index (κ1) is 9.41. The zero-order valence-corrected chi connectivity index (χ0v) is 7.17. The van der Waals surface area contributed by atoms with Gasteiger partial charge in [-0.05, 0) is 0 Å². The van der Waals surface area contributed by atoms with E-state index in [4.69, 9.17) is 0 Å². The van der Waals surface area contributed by atoms with Crippen LogP contribution in [0.4, 0.5) is 0 Å². The molecule has 0 atom stereocenters. The van der Waals surface area contributed by atoms with Gasteiger partial charge in [-0.25, -0.2) is 0 Å². The topological polar surface area (TPSA) is 96.9 Å². The molecule has 0 aromatic carbocycles. The standard InChI is InChI=1S/C3H3N3O3.Na/c7-1-4-2(8)6-3(9)5-1;/h(H3,4,5,6,7,8,9);/q;+1/p-1. The summed E-state index contributed by atoms with van der Waals surface area (Å²) in [6.07, 6.45) is 0. The summed E-state index contributed by atoms with van der Waals surface area (Å²) >= 11 is 0. The van der Waals surface area contributed by atoms with Crippen LogP contribution in [0.25, 0.3) is 0 Å². The molecule has 7 heteroatoms. The maximum atomic E-state index is 10.2. The molecule has 0 fully saturated rings. The number of aromatic nitrogens is 3. The average Bonchev–Trinajstić information content (AvgIpc) is 1.59. The van der Waals surface area contributed by atoms with Crippen LogP contribution in [0.2, 0.25) is 0 Å². The minimum Gasteiger partial charge on any atom is -0.346 e. The van der Waals surface area contributed by atoms with E-state index in [1.165, 1.54) is 0 Å². The van der Waals surface area contributed by atoms with E-state index in [1.807, 2.05) is 0 Å². The second kappa shape index (κ2) is 3.55. The van der Waals surface area contributed by atoms with Crippen LogP contribution in [0.1, 0.15) is 0 Å². The third-order valence-corrected chi connectivity index (χ3v) is 0.644. The van der Waals surface area contributed by atoms with Gasteiger partial charge in [-0.15, -0.1) is 0 Å². The Morgan fingerprint density at radius 3 is 1.70 bits per heavy atom. The van der Waals surface area contributed by atoms with E-state index in [-0.39, 0.29) is 29.6 Å². The second-order valence-electron chi connectivity index (χ2n) is 1.30. The van der Waals surface area contributed by atoms with Crippen LogP contribution in [0, 0.1) is 0 Å². The quantitative estimate of drug-likeness (QED) is 0.361. The van der Waals surface area contributed by atoms with Crippen molar-refractivity contribution in [1.82, 2.24) is 15.0 Å². The Hall–Kier alpha value is -0.590. The van der Waals surface area contributed by atoms with Gasteiger partial charge in [0.1, 0.15) is 0 Å². The summed E-state index contributed by atoms with van der Waals surface area (Å²) < 4.78 is 0. The molecule has 0 aliphatic heterocycles. The van der Waals surface area contributed by atoms with Crippen LogP contribution in [0.15, 0.2) is 14.4 Å². The van der Waals surface area contributed by atoms with Crippen molar-refractivity contribution in [2.75, 3.05) is 0 Å². The fourth-order valence-corrected chi connectivity index (χ4v) is 0.374. The molecule has 0 aliphatic carbocycles. The van der Waals surface area contributed by atoms with E-state index in [0.29, 0.717) is 0 Å². The molecule has 0 spiro atoms. The SMILES string of the molecule is O=c1[n-]c(=O)[nH]c(=O)[nH]1.[Na+]. The summed E-state index contributed by atoms with van der Waals surface area (Å²) in [5.74, 6) is 0. The normalized spacial score (nSPS) is 8.40. The van der Waals surface area contributed by atoms with Gasteiger partial charge < -0.3 is 9.97 Å². The molecular weight excluding hydrogens is 149 g/mol. The zero-order chi connectivity index (χ0) is 6.85. The molecule has 1 rings (SSSR count). The van der Waals surface area contributed by atoms with Gasteiger partial charge in [-0.1, -0.05) is 0 Å². The summed E-state index contributed by atoms with van der Waals surface area (Å²) in [4.78, 5) is 36.7. The monoisotopic (exact) mass is 151 g/mol. The molecule has 1 aromatic rings. The fraction of sp³-hybridized carbons (Fsp3) is 0. The van der Waals surface area contributed by atoms with Gasteiger partial charge in [-0.3, -0.25) is 19.4 Å². The minimum atomic E-state index is -0.927. The van der Waals surface area contributed by atoms with Crippen LogP contribution in [-0.4, -0.2) is 9.97 Å². The molecule has 0 saturated carbocycles. The van der Waals surface area contributed by atoms with Crippen molar-refractivity contribution in [3.63, 3.8) is 0 Å². The van der Waals surface area contributed by atoms with Gasteiger partial charge in [-0.2, -0.15) is 0 Å². The smallest absolute Gasteiger partial charge is 0.346 e. The molecule has 0 aliphatic rings. The first-order valence-electron chi connectivity index (χ1n) is 2.06. The third kappa shape index (κ3) is 2.34. The number of rotatable bonds is 0. The largest absolute Gasteiger partial charge is 1.00 e. The van der Waals surface area contributed by atoms with E-state index in [1.54, 1.807) is 9.97 Å². The van der Waals surface area contributed by atoms with Gasteiger partial charge in [0.25, 0.3) is 0 Å². The van der Waals surface area contributed by atoms with Crippen molar-refractivity contribution in [2.24, 2.45) is 0 Å². The molecular formula is C3H2N3NaO3. The Morgan fingerprint density at radius 2 is 1.40 bits per heavy atom. The van der Waals surface area contributed by atoms with Crippen LogP contribution < -0.4 is 51.6 Å². The van der Waals surface area contributed by atoms with Crippen molar-refractivity contribution in [2.45, 2.75) is 0 Å². The molecule has 0 saturated heterocycles. The predicted molar refractivity (Wildman–Crippen MR) is 27.3 cm³/mol. The zero-order valence-electron chi connectivity index (χ0n) is 5.17. The number of hydrogen-bond acceptors (Lipinski definition) is 3. The van der Waals surface area contributed by atoms with Crippen LogP contribution in [0.3, 0.4) is 0 Å². The van der Waals surface area contributed by atoms with Gasteiger partial charge in [0.05, 0.1) is 0 Å². The molecule has 10 heavy (non-hydrogen) atoms. The van der Waals surface area contributed by atoms with E-state index < -0.39 is 17.1 Å². The molecule has 6 nitrogen and oxygen atoms in total. The van der Waals surface area contributed by atoms with Crippen molar-refractivity contribution < 1.29 is 29.6 Å². The Morgan fingerprint density at radius 1 is 1.00 bits per heavy atom. The summed E-state index contributed by atoms with van der Waals surface area (Å²) in [6, 6.07) is 0. The minimum absolute atomic E-state index is 0. The van der Waals surface area contributed by atoms with Crippen molar-refractivity contribution >= 4 is 0 Å². The summed E-state index contributed by atoms with van der Waals surface area (Å²) in [7, 11) is 0. The molecule has 0 bridgehead atoms. The molecule has 0 unspecified atom stereocenters. The van der Waals surface area contributed by atoms with Crippen LogP contribution in [-0.2, 0) is 0 Å². The van der Waals surface area contributed by atoms with Crippen molar-refractivity contribution in [3.8, 4) is 0 Å². The molecule has 1 aromatic heterocycles. The number of hydrogen-bond donors (Lipinski definition) is 2. The molecule has 1 heterocycles. The Balaban J connectivity index is 0.000000810. The van der Waals surface area contributed by atoms with Gasteiger partial charge >= 0.3 is 29.6 Å². The first-order chi connectivity index (χ1) is 4.18. The second-order valence-corrected chi connectivity index (χ2v) is 1.30. The molecule has 2 N–H and O–H groups in total. The molecule has 0 radical (unpaired) electrons. The third-order valence-electron chi connectivity index (χ3n) is 0.644. The predicted octanol–water partition coefficient (Wildman–Crippen LogP) is -5.62. The summed E-state index contributed by atoms with van der Waals surface area (Å²) in [6.45, 7) is 0. The number of H-pyrrole nitrogens is 2. The van der Waals surface area contributed by atoms with Crippen LogP contribution in [0.5, 0.6) is 0 Å². The van der Waals surface area contributed by atoms with Gasteiger partial charge in [0.15, 0.2) is 0 Å². The van der Waals surface area contributed by atoms with E-state index in [0.717, 1.165) is 0 Å². The Kier molecular flexibility index (Phi) is 3.34. The number of aromatic amines is 2. The maximum absolute atomic E-state index is 10.2. The summed E-state index contributed by atoms with van der Waals surface area (Å²) in [5.41, 5.74) is -2.69. The fourth-order valence-electron chi connectivity index (χ4n) is 0.374. The Labute approximate surface area is 76.0 Å². The van der Waals surface area contributed by atoms with Gasteiger partial charge in [0, 0.05) is 0 Å². The van der Waals surface area contributed by atoms with Crippen molar-refractivity contribution in [3.05, 3.63) is 31.5 Å². The maximum Gasteiger partial charge on any atom is 1.00 e.